The van der Waals surface area contributed by atoms with Gasteiger partial charge in [0.2, 0.25) is 0 Å². The topological polar surface area (TPSA) is 33.1 Å². The van der Waals surface area contributed by atoms with Crippen LogP contribution in [0, 0.1) is 0 Å². The fraction of sp³-hybridized carbons (Fsp3) is 0.308. The van der Waals surface area contributed by atoms with Gasteiger partial charge in [-0.1, -0.05) is 24.3 Å². The Bertz CT molecular complexity index is 434. The highest BCUT2D eigenvalue weighted by atomic mass is 16.2. The predicted molar refractivity (Wildman–Crippen MR) is 61.8 cm³/mol. The molecule has 1 aromatic carbocycles. The fourth-order valence-electron chi connectivity index (χ4n) is 1.81. The molecule has 0 radical (unpaired) electrons. The number of pyridine rings is 1. The van der Waals surface area contributed by atoms with Crippen LogP contribution in [0.25, 0.3) is 10.8 Å². The van der Waals surface area contributed by atoms with Crippen molar-refractivity contribution in [3.05, 3.63) is 42.2 Å². The lowest BCUT2D eigenvalue weighted by molar-refractivity contribution is 0.284. The summed E-state index contributed by atoms with van der Waals surface area (Å²) in [5, 5.41) is 11.2. The van der Waals surface area contributed by atoms with E-state index >= 15 is 0 Å². The number of aliphatic hydroxyl groups is 1. The van der Waals surface area contributed by atoms with E-state index in [0.717, 1.165) is 19.3 Å². The van der Waals surface area contributed by atoms with Crippen LogP contribution in [-0.2, 0) is 6.42 Å². The molecule has 0 unspecified atom stereocenters. The van der Waals surface area contributed by atoms with Gasteiger partial charge in [-0.15, -0.1) is 0 Å². The van der Waals surface area contributed by atoms with Crippen molar-refractivity contribution in [3.8, 4) is 0 Å². The Labute approximate surface area is 89.6 Å². The number of fused-ring (bicyclic) bond motifs is 1. The van der Waals surface area contributed by atoms with E-state index in [2.05, 4.69) is 23.2 Å². The molecular formula is C13H15NO. The number of benzene rings is 1. The van der Waals surface area contributed by atoms with Crippen molar-refractivity contribution in [2.24, 2.45) is 0 Å². The third kappa shape index (κ3) is 2.34. The van der Waals surface area contributed by atoms with Crippen LogP contribution in [0.5, 0.6) is 0 Å². The van der Waals surface area contributed by atoms with Gasteiger partial charge in [-0.05, 0) is 30.2 Å². The van der Waals surface area contributed by atoms with Crippen LogP contribution in [-0.4, -0.2) is 16.7 Å². The number of hydrogen-bond donors (Lipinski definition) is 1. The molecule has 0 saturated carbocycles. The lowest BCUT2D eigenvalue weighted by atomic mass is 10.0. The smallest absolute Gasteiger partial charge is 0.0431 e. The number of nitrogens with zero attached hydrogens (tertiary/aromatic N) is 1. The maximum atomic E-state index is 8.74. The van der Waals surface area contributed by atoms with Crippen LogP contribution in [0.2, 0.25) is 0 Å². The molecule has 1 N–H and O–H groups in total. The molecule has 2 rings (SSSR count). The third-order valence-corrected chi connectivity index (χ3v) is 2.60. The third-order valence-electron chi connectivity index (χ3n) is 2.60. The van der Waals surface area contributed by atoms with Crippen LogP contribution in [0.15, 0.2) is 36.7 Å². The van der Waals surface area contributed by atoms with Crippen molar-refractivity contribution in [1.29, 1.82) is 0 Å². The lowest BCUT2D eigenvalue weighted by Crippen LogP contribution is -1.91. The summed E-state index contributed by atoms with van der Waals surface area (Å²) in [6.07, 6.45) is 6.70. The molecule has 0 amide bonds. The van der Waals surface area contributed by atoms with E-state index < -0.39 is 0 Å². The maximum Gasteiger partial charge on any atom is 0.0431 e. The average molecular weight is 201 g/mol. The summed E-state index contributed by atoms with van der Waals surface area (Å²) in [4.78, 5) is 4.23. The first-order chi connectivity index (χ1) is 7.42. The van der Waals surface area contributed by atoms with Crippen LogP contribution in [0.4, 0.5) is 0 Å². The molecule has 0 aliphatic rings. The minimum atomic E-state index is 0.276. The van der Waals surface area contributed by atoms with Crippen LogP contribution < -0.4 is 0 Å². The van der Waals surface area contributed by atoms with Crippen LogP contribution >= 0.6 is 0 Å². The van der Waals surface area contributed by atoms with Crippen molar-refractivity contribution in [2.45, 2.75) is 19.3 Å². The zero-order valence-electron chi connectivity index (χ0n) is 8.69. The predicted octanol–water partition coefficient (Wildman–Crippen LogP) is 2.55. The van der Waals surface area contributed by atoms with Gasteiger partial charge in [-0.25, -0.2) is 0 Å². The molecule has 0 spiro atoms. The first-order valence-electron chi connectivity index (χ1n) is 5.34. The zero-order chi connectivity index (χ0) is 10.5. The molecule has 78 valence electrons. The summed E-state index contributed by atoms with van der Waals surface area (Å²) < 4.78 is 0. The highest BCUT2D eigenvalue weighted by Gasteiger charge is 2.00. The summed E-state index contributed by atoms with van der Waals surface area (Å²) in [5.74, 6) is 0. The summed E-state index contributed by atoms with van der Waals surface area (Å²) in [6, 6.07) is 8.29. The standard InChI is InChI=1S/C13H15NO/c15-8-4-3-6-12-10-14-9-11-5-1-2-7-13(11)12/h1-2,5,7,9-10,15H,3-4,6,8H2. The summed E-state index contributed by atoms with van der Waals surface area (Å²) >= 11 is 0. The Balaban J connectivity index is 2.26. The molecule has 2 nitrogen and oxygen atoms in total. The van der Waals surface area contributed by atoms with E-state index in [4.69, 9.17) is 5.11 Å². The fourth-order valence-corrected chi connectivity index (χ4v) is 1.81. The monoisotopic (exact) mass is 201 g/mol. The van der Waals surface area contributed by atoms with Crippen molar-refractivity contribution >= 4 is 10.8 Å². The lowest BCUT2D eigenvalue weighted by Gasteiger charge is -2.04. The largest absolute Gasteiger partial charge is 0.396 e. The summed E-state index contributed by atoms with van der Waals surface area (Å²) in [6.45, 7) is 0.276. The molecule has 15 heavy (non-hydrogen) atoms. The van der Waals surface area contributed by atoms with Gasteiger partial charge in [-0.3, -0.25) is 4.98 Å². The minimum Gasteiger partial charge on any atom is -0.396 e. The SMILES string of the molecule is OCCCCc1cncc2ccccc12. The van der Waals surface area contributed by atoms with E-state index in [1.54, 1.807) is 0 Å². The number of rotatable bonds is 4. The highest BCUT2D eigenvalue weighted by molar-refractivity contribution is 5.84. The number of aromatic nitrogens is 1. The normalized spacial score (nSPS) is 10.7. The summed E-state index contributed by atoms with van der Waals surface area (Å²) in [5.41, 5.74) is 1.28. The second-order valence-electron chi connectivity index (χ2n) is 3.70. The van der Waals surface area contributed by atoms with Gasteiger partial charge in [0.05, 0.1) is 0 Å². The number of aliphatic hydroxyl groups excluding tert-OH is 1. The molecular weight excluding hydrogens is 186 g/mol. The van der Waals surface area contributed by atoms with Crippen LogP contribution in [0.3, 0.4) is 0 Å². The highest BCUT2D eigenvalue weighted by Crippen LogP contribution is 2.18. The van der Waals surface area contributed by atoms with Gasteiger partial charge in [0.1, 0.15) is 0 Å². The Kier molecular flexibility index (Phi) is 3.30. The van der Waals surface area contributed by atoms with Gasteiger partial charge >= 0.3 is 0 Å². The molecule has 1 heterocycles. The van der Waals surface area contributed by atoms with E-state index in [-0.39, 0.29) is 6.61 Å². The van der Waals surface area contributed by atoms with Gasteiger partial charge in [0.15, 0.2) is 0 Å². The molecule has 0 saturated heterocycles. The second kappa shape index (κ2) is 4.89. The number of aryl methyl sites for hydroxylation is 1. The zero-order valence-corrected chi connectivity index (χ0v) is 8.69. The number of hydrogen-bond acceptors (Lipinski definition) is 2. The van der Waals surface area contributed by atoms with E-state index in [1.807, 2.05) is 18.5 Å². The Morgan fingerprint density at radius 2 is 1.93 bits per heavy atom. The van der Waals surface area contributed by atoms with Gasteiger partial charge in [0.25, 0.3) is 0 Å². The summed E-state index contributed by atoms with van der Waals surface area (Å²) in [7, 11) is 0. The molecule has 0 atom stereocenters. The molecule has 1 aromatic heterocycles. The molecule has 0 aliphatic carbocycles. The Morgan fingerprint density at radius 1 is 1.07 bits per heavy atom. The van der Waals surface area contributed by atoms with Crippen molar-refractivity contribution in [3.63, 3.8) is 0 Å². The Hall–Kier alpha value is -1.41. The molecule has 2 aromatic rings. The van der Waals surface area contributed by atoms with Crippen molar-refractivity contribution in [2.75, 3.05) is 6.61 Å². The number of unbranched alkanes of at least 4 members (excludes halogenated alkanes) is 1. The molecule has 2 heteroatoms. The second-order valence-corrected chi connectivity index (χ2v) is 3.70. The average Bonchev–Trinajstić information content (AvgIpc) is 2.30. The van der Waals surface area contributed by atoms with Crippen molar-refractivity contribution in [1.82, 2.24) is 4.98 Å². The first-order valence-corrected chi connectivity index (χ1v) is 5.34. The first kappa shape index (κ1) is 10.1. The van der Waals surface area contributed by atoms with Gasteiger partial charge in [0, 0.05) is 24.4 Å². The Morgan fingerprint density at radius 3 is 2.80 bits per heavy atom. The molecule has 0 fully saturated rings. The quantitative estimate of drug-likeness (QED) is 0.771. The van der Waals surface area contributed by atoms with E-state index in [1.165, 1.54) is 16.3 Å². The van der Waals surface area contributed by atoms with Gasteiger partial charge < -0.3 is 5.11 Å². The van der Waals surface area contributed by atoms with Crippen LogP contribution in [0.1, 0.15) is 18.4 Å². The minimum absolute atomic E-state index is 0.276. The maximum absolute atomic E-state index is 8.74. The van der Waals surface area contributed by atoms with Crippen molar-refractivity contribution < 1.29 is 5.11 Å². The van der Waals surface area contributed by atoms with Gasteiger partial charge in [-0.2, -0.15) is 0 Å². The molecule has 0 aliphatic heterocycles. The molecule has 0 bridgehead atoms. The van der Waals surface area contributed by atoms with E-state index in [9.17, 15) is 0 Å². The van der Waals surface area contributed by atoms with E-state index in [0.29, 0.717) is 0 Å².